The number of likely N-dealkylation sites (N-methyl/N-ethyl adjacent to an activating group) is 1. The molecular formula is C54H84NO8P. The molecule has 64 heavy (non-hydrogen) atoms. The van der Waals surface area contributed by atoms with Crippen LogP contribution in [0.3, 0.4) is 0 Å². The normalized spacial score (nSPS) is 14.8. The number of unbranched alkanes of at least 4 members (excludes halogenated alkanes) is 2. The van der Waals surface area contributed by atoms with Crippen molar-refractivity contribution in [2.75, 3.05) is 47.5 Å². The van der Waals surface area contributed by atoms with E-state index in [2.05, 4.69) is 148 Å². The van der Waals surface area contributed by atoms with Crippen molar-refractivity contribution in [3.63, 3.8) is 0 Å². The first-order chi connectivity index (χ1) is 31.0. The lowest BCUT2D eigenvalue weighted by atomic mass is 10.2. The molecule has 0 aromatic rings. The largest absolute Gasteiger partial charge is 0.756 e. The van der Waals surface area contributed by atoms with E-state index >= 15 is 0 Å². The predicted molar refractivity (Wildman–Crippen MR) is 267 cm³/mol. The smallest absolute Gasteiger partial charge is 0.306 e. The van der Waals surface area contributed by atoms with Crippen molar-refractivity contribution in [3.05, 3.63) is 146 Å². The average Bonchev–Trinajstić information content (AvgIpc) is 3.25. The number of hydrogen-bond acceptors (Lipinski definition) is 8. The van der Waals surface area contributed by atoms with Gasteiger partial charge in [-0.2, -0.15) is 0 Å². The summed E-state index contributed by atoms with van der Waals surface area (Å²) in [5, 5.41) is 0. The molecule has 0 aliphatic heterocycles. The quantitative estimate of drug-likeness (QED) is 0.0196. The van der Waals surface area contributed by atoms with Crippen LogP contribution in [0.2, 0.25) is 0 Å². The Kier molecular flexibility index (Phi) is 41.3. The summed E-state index contributed by atoms with van der Waals surface area (Å²) in [5.74, 6) is -1.00. The Balaban J connectivity index is 4.56. The topological polar surface area (TPSA) is 111 Å². The Morgan fingerprint density at radius 2 is 0.859 bits per heavy atom. The van der Waals surface area contributed by atoms with Crippen LogP contribution in [0.1, 0.15) is 129 Å². The van der Waals surface area contributed by atoms with Gasteiger partial charge in [0.25, 0.3) is 7.82 Å². The highest BCUT2D eigenvalue weighted by atomic mass is 31.2. The van der Waals surface area contributed by atoms with Gasteiger partial charge in [-0.15, -0.1) is 0 Å². The second-order valence-corrected chi connectivity index (χ2v) is 17.4. The molecule has 1 unspecified atom stereocenters. The maximum atomic E-state index is 12.7. The minimum atomic E-state index is -4.67. The summed E-state index contributed by atoms with van der Waals surface area (Å²) in [6, 6.07) is 0. The Bertz CT molecular complexity index is 1590. The van der Waals surface area contributed by atoms with Crippen molar-refractivity contribution in [3.8, 4) is 0 Å². The van der Waals surface area contributed by atoms with E-state index < -0.39 is 32.5 Å². The summed E-state index contributed by atoms with van der Waals surface area (Å²) in [5.41, 5.74) is 0. The number of hydrogen-bond donors (Lipinski definition) is 0. The van der Waals surface area contributed by atoms with Gasteiger partial charge >= 0.3 is 11.9 Å². The number of phosphoric acid groups is 1. The fourth-order valence-electron chi connectivity index (χ4n) is 5.27. The third kappa shape index (κ3) is 47.4. The van der Waals surface area contributed by atoms with Gasteiger partial charge in [0.05, 0.1) is 27.7 Å². The molecule has 0 fully saturated rings. The van der Waals surface area contributed by atoms with Crippen molar-refractivity contribution >= 4 is 19.8 Å². The van der Waals surface area contributed by atoms with Crippen LogP contribution < -0.4 is 4.89 Å². The van der Waals surface area contributed by atoms with E-state index in [4.69, 9.17) is 18.5 Å². The molecule has 0 aliphatic rings. The highest BCUT2D eigenvalue weighted by molar-refractivity contribution is 7.45. The zero-order valence-corrected chi connectivity index (χ0v) is 41.0. The second-order valence-electron chi connectivity index (χ2n) is 16.0. The maximum absolute atomic E-state index is 12.7. The van der Waals surface area contributed by atoms with Crippen LogP contribution in [-0.2, 0) is 32.7 Å². The van der Waals surface area contributed by atoms with Crippen LogP contribution in [0.15, 0.2) is 146 Å². The van der Waals surface area contributed by atoms with Gasteiger partial charge in [0.1, 0.15) is 19.8 Å². The standard InChI is InChI=1S/C54H84NO8P/c1-6-8-10-12-14-16-18-20-22-24-26-27-29-30-32-34-36-38-40-42-44-46-53(56)60-50-52(51-62-64(58,59)61-49-48-55(3,4)5)63-54(57)47-45-43-41-39-37-35-33-31-28-25-23-21-19-17-15-13-11-9-7-2/h8-11,14-17,20-23,26-28,30-32,35-38,41,43,52H,6-7,12-13,18-19,24-25,29,33-34,39-40,42,44-51H2,1-5H3/b10-8-,11-9-,16-14-,17-15-,22-20-,23-21-,27-26-,31-28-,32-30-,37-35-,38-36-,43-41-/t52-/m1/s1. The second kappa shape index (κ2) is 44.1. The molecule has 2 atom stereocenters. The monoisotopic (exact) mass is 906 g/mol. The highest BCUT2D eigenvalue weighted by Crippen LogP contribution is 2.38. The number of esters is 2. The zero-order chi connectivity index (χ0) is 47.1. The van der Waals surface area contributed by atoms with Crippen molar-refractivity contribution in [1.29, 1.82) is 0 Å². The van der Waals surface area contributed by atoms with Crippen LogP contribution in [0, 0.1) is 0 Å². The summed E-state index contributed by atoms with van der Waals surface area (Å²) in [7, 11) is 1.06. The van der Waals surface area contributed by atoms with Gasteiger partial charge in [-0.25, -0.2) is 0 Å². The number of phosphoric ester groups is 1. The van der Waals surface area contributed by atoms with Gasteiger partial charge in [-0.3, -0.25) is 14.2 Å². The molecule has 0 radical (unpaired) electrons. The van der Waals surface area contributed by atoms with Gasteiger partial charge in [0, 0.05) is 12.8 Å². The molecule has 358 valence electrons. The molecule has 0 bridgehead atoms. The molecule has 0 spiro atoms. The third-order valence-corrected chi connectivity index (χ3v) is 9.83. The molecule has 0 aromatic carbocycles. The van der Waals surface area contributed by atoms with Crippen LogP contribution in [0.25, 0.3) is 0 Å². The van der Waals surface area contributed by atoms with Gasteiger partial charge in [-0.05, 0) is 103 Å². The first-order valence-corrected chi connectivity index (χ1v) is 25.0. The number of nitrogens with zero attached hydrogens (tertiary/aromatic N) is 1. The van der Waals surface area contributed by atoms with Crippen molar-refractivity contribution in [2.45, 2.75) is 136 Å². The van der Waals surface area contributed by atoms with E-state index in [1.54, 1.807) is 0 Å². The van der Waals surface area contributed by atoms with Gasteiger partial charge in [-0.1, -0.05) is 160 Å². The van der Waals surface area contributed by atoms with E-state index in [1.165, 1.54) is 0 Å². The molecule has 0 N–H and O–H groups in total. The van der Waals surface area contributed by atoms with E-state index in [0.29, 0.717) is 23.9 Å². The number of carbonyl (C=O) groups is 2. The summed E-state index contributed by atoms with van der Waals surface area (Å²) in [6.07, 6.45) is 64.7. The fraction of sp³-hybridized carbons (Fsp3) is 0.519. The summed E-state index contributed by atoms with van der Waals surface area (Å²) < 4.78 is 33.8. The molecule has 0 aromatic heterocycles. The molecule has 0 heterocycles. The maximum Gasteiger partial charge on any atom is 0.306 e. The highest BCUT2D eigenvalue weighted by Gasteiger charge is 2.21. The first kappa shape index (κ1) is 59.9. The number of ether oxygens (including phenoxy) is 2. The lowest BCUT2D eigenvalue weighted by molar-refractivity contribution is -0.870. The molecule has 0 aliphatic carbocycles. The Morgan fingerprint density at radius 3 is 1.25 bits per heavy atom. The molecule has 10 heteroatoms. The first-order valence-electron chi connectivity index (χ1n) is 23.5. The van der Waals surface area contributed by atoms with Gasteiger partial charge in [0.2, 0.25) is 0 Å². The molecule has 0 saturated carbocycles. The lowest BCUT2D eigenvalue weighted by Gasteiger charge is -2.28. The minimum Gasteiger partial charge on any atom is -0.756 e. The van der Waals surface area contributed by atoms with Crippen molar-refractivity contribution < 1.29 is 42.1 Å². The lowest BCUT2D eigenvalue weighted by Crippen LogP contribution is -2.37. The Hall–Kier alpha value is -4.11. The number of carbonyl (C=O) groups excluding carboxylic acids is 2. The predicted octanol–water partition coefficient (Wildman–Crippen LogP) is 13.4. The Morgan fingerprint density at radius 1 is 0.484 bits per heavy atom. The molecule has 0 rings (SSSR count). The molecule has 0 saturated heterocycles. The fourth-order valence-corrected chi connectivity index (χ4v) is 6.00. The summed E-state index contributed by atoms with van der Waals surface area (Å²) >= 11 is 0. The van der Waals surface area contributed by atoms with Crippen LogP contribution in [0.4, 0.5) is 0 Å². The molecule has 0 amide bonds. The molecule has 9 nitrogen and oxygen atoms in total. The van der Waals surface area contributed by atoms with Gasteiger partial charge < -0.3 is 27.9 Å². The zero-order valence-electron chi connectivity index (χ0n) is 40.2. The van der Waals surface area contributed by atoms with Crippen LogP contribution >= 0.6 is 7.82 Å². The summed E-state index contributed by atoms with van der Waals surface area (Å²) in [4.78, 5) is 37.6. The number of rotatable bonds is 40. The van der Waals surface area contributed by atoms with E-state index in [1.807, 2.05) is 33.3 Å². The number of allylic oxidation sites excluding steroid dienone is 24. The third-order valence-electron chi connectivity index (χ3n) is 8.87. The van der Waals surface area contributed by atoms with Crippen LogP contribution in [-0.4, -0.2) is 70.0 Å². The summed E-state index contributed by atoms with van der Waals surface area (Å²) in [6.45, 7) is 3.82. The van der Waals surface area contributed by atoms with E-state index in [0.717, 1.165) is 89.9 Å². The Labute approximate surface area is 389 Å². The molecular weight excluding hydrogens is 822 g/mol. The van der Waals surface area contributed by atoms with Crippen LogP contribution in [0.5, 0.6) is 0 Å². The number of quaternary nitrogens is 1. The van der Waals surface area contributed by atoms with Crippen molar-refractivity contribution in [2.24, 2.45) is 0 Å². The van der Waals surface area contributed by atoms with E-state index in [-0.39, 0.29) is 26.1 Å². The SMILES string of the molecule is CC/C=C\C/C=C\C/C=C\C/C=C\C/C=C\C/C=C\CCCCC(=O)OC[C@H](COP(=O)([O-])OCC[N+](C)(C)C)OC(=O)CC/C=C\C/C=C\C/C=C\C/C=C\C/C=C\C/C=C\CC. The van der Waals surface area contributed by atoms with E-state index in [9.17, 15) is 19.0 Å². The van der Waals surface area contributed by atoms with Gasteiger partial charge in [0.15, 0.2) is 6.10 Å². The average molecular weight is 906 g/mol. The van der Waals surface area contributed by atoms with Crippen molar-refractivity contribution in [1.82, 2.24) is 0 Å². The minimum absolute atomic E-state index is 0.0613.